The Balaban J connectivity index is 1.71. The molecule has 1 N–H and O–H groups in total. The molecule has 2 rings (SSSR count). The highest BCUT2D eigenvalue weighted by atomic mass is 15.3. The summed E-state index contributed by atoms with van der Waals surface area (Å²) in [5.74, 6) is 0. The number of nitrogens with zero attached hydrogens (tertiary/aromatic N) is 3. The first-order valence-corrected chi connectivity index (χ1v) is 6.07. The van der Waals surface area contributed by atoms with Gasteiger partial charge in [0, 0.05) is 50.5 Å². The van der Waals surface area contributed by atoms with Crippen molar-refractivity contribution in [2.45, 2.75) is 31.8 Å². The van der Waals surface area contributed by atoms with E-state index in [-0.39, 0.29) is 0 Å². The first kappa shape index (κ1) is 11.6. The number of aryl methyl sites for hydroxylation is 1. The molecule has 0 aliphatic carbocycles. The molecule has 0 radical (unpaired) electrons. The summed E-state index contributed by atoms with van der Waals surface area (Å²) in [6, 6.07) is 3.47. The summed E-state index contributed by atoms with van der Waals surface area (Å²) in [6.07, 6.45) is 4.19. The minimum Gasteiger partial charge on any atom is -0.312 e. The van der Waals surface area contributed by atoms with Crippen molar-refractivity contribution in [3.63, 3.8) is 0 Å². The van der Waals surface area contributed by atoms with Crippen LogP contribution in [0.25, 0.3) is 0 Å². The molecule has 1 aromatic heterocycles. The highest BCUT2D eigenvalue weighted by Gasteiger charge is 2.25. The number of rotatable bonds is 4. The Morgan fingerprint density at radius 2 is 2.31 bits per heavy atom. The summed E-state index contributed by atoms with van der Waals surface area (Å²) in [7, 11) is 4.20. The minimum absolute atomic E-state index is 0.660. The fourth-order valence-electron chi connectivity index (χ4n) is 2.39. The van der Waals surface area contributed by atoms with E-state index in [4.69, 9.17) is 0 Å². The summed E-state index contributed by atoms with van der Waals surface area (Å²) in [5.41, 5.74) is 1.30. The first-order chi connectivity index (χ1) is 7.66. The molecule has 2 unspecified atom stereocenters. The van der Waals surface area contributed by atoms with Crippen molar-refractivity contribution in [2.24, 2.45) is 7.05 Å². The van der Waals surface area contributed by atoms with Crippen LogP contribution in [0.2, 0.25) is 0 Å². The number of likely N-dealkylation sites (N-methyl/N-ethyl adjacent to an activating group) is 1. The zero-order valence-corrected chi connectivity index (χ0v) is 10.5. The van der Waals surface area contributed by atoms with Crippen LogP contribution in [0.15, 0.2) is 12.3 Å². The Kier molecular flexibility index (Phi) is 3.61. The maximum absolute atomic E-state index is 4.17. The standard InChI is InChI=1S/C12H22N4/c1-10-8-11(9-15(10)2)13-6-4-12-5-7-14-16(12)3/h5,7,10-11,13H,4,6,8-9H2,1-3H3. The Morgan fingerprint density at radius 1 is 1.50 bits per heavy atom. The fourth-order valence-corrected chi connectivity index (χ4v) is 2.39. The van der Waals surface area contributed by atoms with Crippen LogP contribution in [-0.2, 0) is 13.5 Å². The second-order valence-electron chi connectivity index (χ2n) is 4.87. The van der Waals surface area contributed by atoms with Gasteiger partial charge in [0.2, 0.25) is 0 Å². The van der Waals surface area contributed by atoms with Crippen molar-refractivity contribution in [1.82, 2.24) is 20.0 Å². The van der Waals surface area contributed by atoms with E-state index in [1.807, 2.05) is 17.9 Å². The number of likely N-dealkylation sites (tertiary alicyclic amines) is 1. The maximum atomic E-state index is 4.17. The molecule has 1 saturated heterocycles. The lowest BCUT2D eigenvalue weighted by molar-refractivity contribution is 0.327. The smallest absolute Gasteiger partial charge is 0.0492 e. The van der Waals surface area contributed by atoms with Crippen LogP contribution in [-0.4, -0.2) is 46.9 Å². The van der Waals surface area contributed by atoms with Crippen LogP contribution in [0.4, 0.5) is 0 Å². The Labute approximate surface area is 97.6 Å². The molecule has 16 heavy (non-hydrogen) atoms. The van der Waals surface area contributed by atoms with Crippen LogP contribution >= 0.6 is 0 Å². The molecule has 1 fully saturated rings. The van der Waals surface area contributed by atoms with Gasteiger partial charge in [0.25, 0.3) is 0 Å². The second-order valence-corrected chi connectivity index (χ2v) is 4.87. The summed E-state index contributed by atoms with van der Waals surface area (Å²) in [6.45, 7) is 4.51. The van der Waals surface area contributed by atoms with E-state index in [2.05, 4.69) is 35.4 Å². The normalized spacial score (nSPS) is 26.4. The molecule has 2 atom stereocenters. The zero-order chi connectivity index (χ0) is 11.5. The van der Waals surface area contributed by atoms with Gasteiger partial charge in [0.05, 0.1) is 0 Å². The highest BCUT2D eigenvalue weighted by molar-refractivity contribution is 5.00. The van der Waals surface area contributed by atoms with E-state index in [1.165, 1.54) is 18.7 Å². The Hall–Kier alpha value is -0.870. The predicted molar refractivity (Wildman–Crippen MR) is 65.4 cm³/mol. The van der Waals surface area contributed by atoms with Crippen LogP contribution in [0.5, 0.6) is 0 Å². The molecule has 1 aliphatic rings. The largest absolute Gasteiger partial charge is 0.312 e. The number of nitrogens with one attached hydrogen (secondary N) is 1. The van der Waals surface area contributed by atoms with E-state index in [0.717, 1.165) is 13.0 Å². The van der Waals surface area contributed by atoms with Crippen LogP contribution in [0.3, 0.4) is 0 Å². The van der Waals surface area contributed by atoms with Crippen molar-refractivity contribution in [3.8, 4) is 0 Å². The van der Waals surface area contributed by atoms with E-state index in [9.17, 15) is 0 Å². The van der Waals surface area contributed by atoms with Crippen LogP contribution in [0, 0.1) is 0 Å². The molecule has 1 aliphatic heterocycles. The third kappa shape index (κ3) is 2.62. The number of hydrogen-bond acceptors (Lipinski definition) is 3. The van der Waals surface area contributed by atoms with Gasteiger partial charge in [-0.1, -0.05) is 0 Å². The summed E-state index contributed by atoms with van der Waals surface area (Å²) < 4.78 is 1.95. The second kappa shape index (κ2) is 4.97. The van der Waals surface area contributed by atoms with Crippen molar-refractivity contribution in [2.75, 3.05) is 20.1 Å². The van der Waals surface area contributed by atoms with Gasteiger partial charge in [-0.05, 0) is 26.5 Å². The maximum Gasteiger partial charge on any atom is 0.0492 e. The van der Waals surface area contributed by atoms with Crippen molar-refractivity contribution >= 4 is 0 Å². The molecule has 0 saturated carbocycles. The SMILES string of the molecule is CC1CC(NCCc2ccnn2C)CN1C. The number of aromatic nitrogens is 2. The lowest BCUT2D eigenvalue weighted by atomic mass is 10.2. The van der Waals surface area contributed by atoms with Gasteiger partial charge in [0.1, 0.15) is 0 Å². The minimum atomic E-state index is 0.660. The molecule has 2 heterocycles. The highest BCUT2D eigenvalue weighted by Crippen LogP contribution is 2.14. The predicted octanol–water partition coefficient (Wildman–Crippen LogP) is 0.645. The summed E-state index contributed by atoms with van der Waals surface area (Å²) >= 11 is 0. The summed E-state index contributed by atoms with van der Waals surface area (Å²) in [5, 5.41) is 7.80. The van der Waals surface area contributed by atoms with Gasteiger partial charge in [-0.15, -0.1) is 0 Å². The van der Waals surface area contributed by atoms with Gasteiger partial charge in [0.15, 0.2) is 0 Å². The van der Waals surface area contributed by atoms with E-state index in [1.54, 1.807) is 0 Å². The molecule has 90 valence electrons. The van der Waals surface area contributed by atoms with E-state index >= 15 is 0 Å². The summed E-state index contributed by atoms with van der Waals surface area (Å²) in [4.78, 5) is 2.42. The Morgan fingerprint density at radius 3 is 2.88 bits per heavy atom. The fraction of sp³-hybridized carbons (Fsp3) is 0.750. The lowest BCUT2D eigenvalue weighted by Gasteiger charge is -2.13. The monoisotopic (exact) mass is 222 g/mol. The van der Waals surface area contributed by atoms with Crippen molar-refractivity contribution in [1.29, 1.82) is 0 Å². The molecule has 0 bridgehead atoms. The molecule has 4 heteroatoms. The quantitative estimate of drug-likeness (QED) is 0.812. The van der Waals surface area contributed by atoms with Crippen molar-refractivity contribution in [3.05, 3.63) is 18.0 Å². The van der Waals surface area contributed by atoms with E-state index in [0.29, 0.717) is 12.1 Å². The number of hydrogen-bond donors (Lipinski definition) is 1. The van der Waals surface area contributed by atoms with Gasteiger partial charge in [-0.25, -0.2) is 0 Å². The average Bonchev–Trinajstić information content (AvgIpc) is 2.76. The van der Waals surface area contributed by atoms with E-state index < -0.39 is 0 Å². The molecule has 1 aromatic rings. The van der Waals surface area contributed by atoms with Gasteiger partial charge < -0.3 is 10.2 Å². The average molecular weight is 222 g/mol. The van der Waals surface area contributed by atoms with Crippen LogP contribution < -0.4 is 5.32 Å². The van der Waals surface area contributed by atoms with Gasteiger partial charge >= 0.3 is 0 Å². The lowest BCUT2D eigenvalue weighted by Crippen LogP contribution is -2.33. The van der Waals surface area contributed by atoms with Gasteiger partial charge in [-0.2, -0.15) is 5.10 Å². The third-order valence-corrected chi connectivity index (χ3v) is 3.62. The van der Waals surface area contributed by atoms with Crippen molar-refractivity contribution < 1.29 is 0 Å². The molecule has 0 amide bonds. The molecule has 0 aromatic carbocycles. The van der Waals surface area contributed by atoms with Crippen LogP contribution in [0.1, 0.15) is 19.0 Å². The third-order valence-electron chi connectivity index (χ3n) is 3.62. The Bertz CT molecular complexity index is 324. The molecule has 4 nitrogen and oxygen atoms in total. The molecular weight excluding hydrogens is 200 g/mol. The molecular formula is C12H22N4. The molecule has 0 spiro atoms. The first-order valence-electron chi connectivity index (χ1n) is 6.07. The zero-order valence-electron chi connectivity index (χ0n) is 10.5. The van der Waals surface area contributed by atoms with Gasteiger partial charge in [-0.3, -0.25) is 4.68 Å². The topological polar surface area (TPSA) is 33.1 Å².